The Hall–Kier alpha value is -3.19. The molecule has 0 aliphatic heterocycles. The molecule has 0 fully saturated rings. The lowest BCUT2D eigenvalue weighted by Crippen LogP contribution is -1.97. The largest absolute Gasteiger partial charge is 0.496 e. The van der Waals surface area contributed by atoms with E-state index in [4.69, 9.17) is 17.0 Å². The van der Waals surface area contributed by atoms with Crippen LogP contribution in [0.5, 0.6) is 5.75 Å². The van der Waals surface area contributed by atoms with Gasteiger partial charge >= 0.3 is 0 Å². The maximum absolute atomic E-state index is 5.41. The molecule has 2 aromatic heterocycles. The third kappa shape index (κ3) is 2.74. The number of benzene rings is 2. The molecule has 124 valence electrons. The Morgan fingerprint density at radius 2 is 1.96 bits per heavy atom. The monoisotopic (exact) mass is 349 g/mol. The SMILES string of the molecule is COc1ccccc1-c1n[nH]c(=S)n1/N=C\c1c[nH]c2ccccc12. The fourth-order valence-corrected chi connectivity index (χ4v) is 2.90. The average molecular weight is 349 g/mol. The molecule has 0 atom stereocenters. The molecule has 0 amide bonds. The highest BCUT2D eigenvalue weighted by atomic mass is 32.1. The summed E-state index contributed by atoms with van der Waals surface area (Å²) in [5.41, 5.74) is 2.85. The number of ether oxygens (including phenoxy) is 1. The summed E-state index contributed by atoms with van der Waals surface area (Å²) in [7, 11) is 1.62. The van der Waals surface area contributed by atoms with Gasteiger partial charge in [-0.1, -0.05) is 30.3 Å². The maximum Gasteiger partial charge on any atom is 0.216 e. The van der Waals surface area contributed by atoms with Crippen molar-refractivity contribution in [3.63, 3.8) is 0 Å². The van der Waals surface area contributed by atoms with Crippen LogP contribution in [0.2, 0.25) is 0 Å². The fraction of sp³-hybridized carbons (Fsp3) is 0.0556. The minimum Gasteiger partial charge on any atom is -0.496 e. The lowest BCUT2D eigenvalue weighted by molar-refractivity contribution is 0.416. The third-order valence-electron chi connectivity index (χ3n) is 3.93. The van der Waals surface area contributed by atoms with E-state index in [1.54, 1.807) is 18.0 Å². The number of para-hydroxylation sites is 2. The summed E-state index contributed by atoms with van der Waals surface area (Å²) in [5.74, 6) is 1.30. The Morgan fingerprint density at radius 3 is 2.84 bits per heavy atom. The molecule has 2 aromatic carbocycles. The predicted octanol–water partition coefficient (Wildman–Crippen LogP) is 3.98. The summed E-state index contributed by atoms with van der Waals surface area (Å²) in [6.07, 6.45) is 3.68. The second-order valence-corrected chi connectivity index (χ2v) is 5.79. The molecule has 0 bridgehead atoms. The van der Waals surface area contributed by atoms with Crippen molar-refractivity contribution in [1.82, 2.24) is 19.9 Å². The number of H-pyrrole nitrogens is 2. The number of aromatic amines is 2. The zero-order valence-corrected chi connectivity index (χ0v) is 14.2. The van der Waals surface area contributed by atoms with Crippen LogP contribution in [0.4, 0.5) is 0 Å². The second kappa shape index (κ2) is 6.37. The number of nitrogens with zero attached hydrogens (tertiary/aromatic N) is 3. The standard InChI is InChI=1S/C18H15N5OS/c1-24-16-9-5-3-7-14(16)17-21-22-18(25)23(17)20-11-12-10-19-15-8-4-2-6-13(12)15/h2-11,19H,1H3,(H,22,25)/b20-11-. The molecule has 0 radical (unpaired) electrons. The molecule has 6 nitrogen and oxygen atoms in total. The number of methoxy groups -OCH3 is 1. The van der Waals surface area contributed by atoms with Gasteiger partial charge in [-0.2, -0.15) is 14.9 Å². The topological polar surface area (TPSA) is 71.0 Å². The Labute approximate surface area is 148 Å². The van der Waals surface area contributed by atoms with Crippen LogP contribution in [0.3, 0.4) is 0 Å². The first-order chi connectivity index (χ1) is 12.3. The van der Waals surface area contributed by atoms with E-state index in [2.05, 4.69) is 20.3 Å². The van der Waals surface area contributed by atoms with Crippen LogP contribution >= 0.6 is 12.2 Å². The minimum atomic E-state index is 0.414. The Kier molecular flexibility index (Phi) is 3.91. The van der Waals surface area contributed by atoms with Crippen molar-refractivity contribution in [3.8, 4) is 17.1 Å². The normalized spacial score (nSPS) is 11.4. The fourth-order valence-electron chi connectivity index (χ4n) is 2.72. The first-order valence-electron chi connectivity index (χ1n) is 7.69. The van der Waals surface area contributed by atoms with E-state index in [0.717, 1.165) is 22.0 Å². The van der Waals surface area contributed by atoms with Crippen LogP contribution in [0, 0.1) is 4.77 Å². The van der Waals surface area contributed by atoms with E-state index in [1.165, 1.54) is 0 Å². The van der Waals surface area contributed by atoms with Crippen molar-refractivity contribution in [3.05, 3.63) is 65.1 Å². The van der Waals surface area contributed by atoms with Crippen LogP contribution in [0.1, 0.15) is 5.56 Å². The Morgan fingerprint density at radius 1 is 1.16 bits per heavy atom. The average Bonchev–Trinajstić information content (AvgIpc) is 3.23. The van der Waals surface area contributed by atoms with E-state index in [9.17, 15) is 0 Å². The molecule has 0 aliphatic carbocycles. The Bertz CT molecular complexity index is 1120. The zero-order valence-electron chi connectivity index (χ0n) is 13.4. The van der Waals surface area contributed by atoms with E-state index < -0.39 is 0 Å². The van der Waals surface area contributed by atoms with Crippen LogP contribution in [-0.4, -0.2) is 33.2 Å². The van der Waals surface area contributed by atoms with Gasteiger partial charge in [0.25, 0.3) is 0 Å². The molecule has 7 heteroatoms. The zero-order chi connectivity index (χ0) is 17.2. The highest BCUT2D eigenvalue weighted by Crippen LogP contribution is 2.28. The molecule has 25 heavy (non-hydrogen) atoms. The summed E-state index contributed by atoms with van der Waals surface area (Å²) in [6.45, 7) is 0. The van der Waals surface area contributed by atoms with Crippen molar-refractivity contribution < 1.29 is 4.74 Å². The lowest BCUT2D eigenvalue weighted by atomic mass is 10.2. The quantitative estimate of drug-likeness (QED) is 0.432. The van der Waals surface area contributed by atoms with Crippen molar-refractivity contribution >= 4 is 29.3 Å². The van der Waals surface area contributed by atoms with E-state index in [0.29, 0.717) is 16.3 Å². The van der Waals surface area contributed by atoms with Crippen molar-refractivity contribution in [2.24, 2.45) is 5.10 Å². The summed E-state index contributed by atoms with van der Waals surface area (Å²) in [6, 6.07) is 15.7. The maximum atomic E-state index is 5.41. The van der Waals surface area contributed by atoms with Gasteiger partial charge in [0, 0.05) is 22.7 Å². The molecule has 4 aromatic rings. The van der Waals surface area contributed by atoms with Gasteiger partial charge in [-0.05, 0) is 30.4 Å². The third-order valence-corrected chi connectivity index (χ3v) is 4.20. The van der Waals surface area contributed by atoms with Crippen LogP contribution in [0.25, 0.3) is 22.3 Å². The van der Waals surface area contributed by atoms with Gasteiger partial charge in [0.05, 0.1) is 18.9 Å². The molecule has 0 saturated carbocycles. The van der Waals surface area contributed by atoms with Gasteiger partial charge < -0.3 is 9.72 Å². The van der Waals surface area contributed by atoms with Gasteiger partial charge in [-0.3, -0.25) is 0 Å². The van der Waals surface area contributed by atoms with Crippen LogP contribution in [0.15, 0.2) is 59.8 Å². The van der Waals surface area contributed by atoms with E-state index in [-0.39, 0.29) is 0 Å². The van der Waals surface area contributed by atoms with Crippen LogP contribution in [-0.2, 0) is 0 Å². The van der Waals surface area contributed by atoms with Gasteiger partial charge in [-0.25, -0.2) is 5.10 Å². The number of nitrogens with one attached hydrogen (secondary N) is 2. The van der Waals surface area contributed by atoms with Crippen molar-refractivity contribution in [1.29, 1.82) is 0 Å². The number of fused-ring (bicyclic) bond motifs is 1. The summed E-state index contributed by atoms with van der Waals surface area (Å²) in [5, 5.41) is 12.7. The molecule has 0 unspecified atom stereocenters. The minimum absolute atomic E-state index is 0.414. The van der Waals surface area contributed by atoms with Gasteiger partial charge in [0.1, 0.15) is 5.75 Å². The number of rotatable bonds is 4. The van der Waals surface area contributed by atoms with Crippen molar-refractivity contribution in [2.45, 2.75) is 0 Å². The van der Waals surface area contributed by atoms with E-state index >= 15 is 0 Å². The predicted molar refractivity (Wildman–Crippen MR) is 101 cm³/mol. The first-order valence-corrected chi connectivity index (χ1v) is 8.10. The smallest absolute Gasteiger partial charge is 0.216 e. The van der Waals surface area contributed by atoms with Gasteiger partial charge in [0.2, 0.25) is 4.77 Å². The highest BCUT2D eigenvalue weighted by Gasteiger charge is 2.13. The first kappa shape index (κ1) is 15.3. The molecular weight excluding hydrogens is 334 g/mol. The molecule has 0 spiro atoms. The van der Waals surface area contributed by atoms with Gasteiger partial charge in [0.15, 0.2) is 5.82 Å². The molecule has 4 rings (SSSR count). The molecular formula is C18H15N5OS. The van der Waals surface area contributed by atoms with Gasteiger partial charge in [-0.15, -0.1) is 0 Å². The number of hydrogen-bond donors (Lipinski definition) is 2. The molecule has 0 saturated heterocycles. The second-order valence-electron chi connectivity index (χ2n) is 5.40. The molecule has 2 N–H and O–H groups in total. The lowest BCUT2D eigenvalue weighted by Gasteiger charge is -2.06. The number of hydrogen-bond acceptors (Lipinski definition) is 4. The van der Waals surface area contributed by atoms with E-state index in [1.807, 2.05) is 54.7 Å². The Balaban J connectivity index is 1.79. The number of aromatic nitrogens is 4. The van der Waals surface area contributed by atoms with Crippen LogP contribution < -0.4 is 4.74 Å². The molecule has 2 heterocycles. The summed E-state index contributed by atoms with van der Waals surface area (Å²) >= 11 is 5.33. The van der Waals surface area contributed by atoms with Crippen molar-refractivity contribution in [2.75, 3.05) is 7.11 Å². The summed E-state index contributed by atoms with van der Waals surface area (Å²) in [4.78, 5) is 3.23. The highest BCUT2D eigenvalue weighted by molar-refractivity contribution is 7.71. The summed E-state index contributed by atoms with van der Waals surface area (Å²) < 4.78 is 7.42. The molecule has 0 aliphatic rings.